The van der Waals surface area contributed by atoms with Gasteiger partial charge in [-0.15, -0.1) is 10.2 Å². The fourth-order valence-electron chi connectivity index (χ4n) is 2.40. The highest BCUT2D eigenvalue weighted by atomic mass is 32.1. The van der Waals surface area contributed by atoms with Crippen LogP contribution in [0.5, 0.6) is 0 Å². The van der Waals surface area contributed by atoms with E-state index in [4.69, 9.17) is 5.10 Å². The summed E-state index contributed by atoms with van der Waals surface area (Å²) < 4.78 is 1.89. The Kier molecular flexibility index (Phi) is 2.29. The van der Waals surface area contributed by atoms with Crippen molar-refractivity contribution in [2.24, 2.45) is 0 Å². The molecule has 2 heterocycles. The van der Waals surface area contributed by atoms with E-state index in [9.17, 15) is 0 Å². The first-order chi connectivity index (χ1) is 9.36. The molecule has 0 radical (unpaired) electrons. The molecule has 0 spiro atoms. The molecule has 4 rings (SSSR count). The van der Waals surface area contributed by atoms with Gasteiger partial charge in [0, 0.05) is 11.8 Å². The number of aromatic nitrogens is 4. The second-order valence-corrected chi connectivity index (χ2v) is 5.62. The lowest BCUT2D eigenvalue weighted by Gasteiger charge is -2.01. The maximum absolute atomic E-state index is 4.75. The number of hydrogen-bond donors (Lipinski definition) is 0. The van der Waals surface area contributed by atoms with Crippen molar-refractivity contribution in [3.05, 3.63) is 36.2 Å². The zero-order valence-electron chi connectivity index (χ0n) is 10.5. The largest absolute Gasteiger partial charge is 0.233 e. The van der Waals surface area contributed by atoms with Gasteiger partial charge in [-0.3, -0.25) is 0 Å². The zero-order chi connectivity index (χ0) is 12.8. The summed E-state index contributed by atoms with van der Waals surface area (Å²) in [6, 6.07) is 10.5. The molecule has 1 aliphatic heterocycles. The van der Waals surface area contributed by atoms with Crippen molar-refractivity contribution >= 4 is 27.1 Å². The summed E-state index contributed by atoms with van der Waals surface area (Å²) in [7, 11) is 0. The maximum atomic E-state index is 4.75. The molecule has 5 heteroatoms. The van der Waals surface area contributed by atoms with Crippen LogP contribution in [-0.4, -0.2) is 19.8 Å². The fourth-order valence-corrected chi connectivity index (χ4v) is 3.34. The summed E-state index contributed by atoms with van der Waals surface area (Å²) in [5.74, 6) is 0.945. The number of aryl methyl sites for hydroxylation is 1. The van der Waals surface area contributed by atoms with Gasteiger partial charge < -0.3 is 0 Å². The third-order valence-electron chi connectivity index (χ3n) is 3.29. The minimum absolute atomic E-state index is 0.867. The molecule has 2 aromatic rings. The first-order valence-electron chi connectivity index (χ1n) is 6.39. The Labute approximate surface area is 114 Å². The van der Waals surface area contributed by atoms with Crippen molar-refractivity contribution in [3.63, 3.8) is 0 Å². The highest BCUT2D eigenvalue weighted by Crippen LogP contribution is 2.36. The third-order valence-corrected chi connectivity index (χ3v) is 4.26. The van der Waals surface area contributed by atoms with E-state index in [0.717, 1.165) is 29.3 Å². The Morgan fingerprint density at radius 1 is 1.21 bits per heavy atom. The van der Waals surface area contributed by atoms with Crippen molar-refractivity contribution in [2.75, 3.05) is 0 Å². The van der Waals surface area contributed by atoms with Crippen LogP contribution in [0.3, 0.4) is 0 Å². The van der Waals surface area contributed by atoms with E-state index in [0.29, 0.717) is 0 Å². The van der Waals surface area contributed by atoms with E-state index in [-0.39, 0.29) is 0 Å². The van der Waals surface area contributed by atoms with Crippen LogP contribution >= 0.6 is 11.3 Å². The van der Waals surface area contributed by atoms with Gasteiger partial charge in [0.1, 0.15) is 5.69 Å². The summed E-state index contributed by atoms with van der Waals surface area (Å²) in [5.41, 5.74) is 1.05. The molecule has 0 saturated heterocycles. The lowest BCUT2D eigenvalue weighted by molar-refractivity contribution is 0.775. The Bertz CT molecular complexity index is 845. The Morgan fingerprint density at radius 3 is 3.00 bits per heavy atom. The van der Waals surface area contributed by atoms with Gasteiger partial charge in [-0.1, -0.05) is 42.5 Å². The quantitative estimate of drug-likeness (QED) is 0.559. The van der Waals surface area contributed by atoms with Crippen molar-refractivity contribution < 1.29 is 0 Å². The van der Waals surface area contributed by atoms with E-state index in [1.54, 1.807) is 11.3 Å². The first-order valence-corrected chi connectivity index (χ1v) is 7.21. The number of hydrogen-bond acceptors (Lipinski definition) is 4. The van der Waals surface area contributed by atoms with Crippen LogP contribution in [0.25, 0.3) is 26.3 Å². The molecule has 0 fully saturated rings. The Hall–Kier alpha value is -2.01. The molecular weight excluding hydrogens is 256 g/mol. The van der Waals surface area contributed by atoms with Crippen molar-refractivity contribution in [1.29, 1.82) is 0 Å². The molecule has 1 aromatic carbocycles. The summed E-state index contributed by atoms with van der Waals surface area (Å²) >= 11 is 1.65. The first kappa shape index (κ1) is 10.9. The zero-order valence-corrected chi connectivity index (χ0v) is 11.3. The van der Waals surface area contributed by atoms with Gasteiger partial charge in [0.25, 0.3) is 0 Å². The predicted octanol–water partition coefficient (Wildman–Crippen LogP) is 3.40. The summed E-state index contributed by atoms with van der Waals surface area (Å²) in [6.07, 6.45) is 1.96. The summed E-state index contributed by atoms with van der Waals surface area (Å²) in [4.78, 5) is 2.04. The van der Waals surface area contributed by atoms with Crippen LogP contribution in [0.1, 0.15) is 19.2 Å². The SMILES string of the molecule is CCCc1nnc2sc3cc4ccccc4c-3nn12. The minimum atomic E-state index is 0.867. The molecule has 1 aromatic heterocycles. The standard InChI is InChI=1S/C14H12N4S/c1-2-5-12-15-16-14-18(12)17-13-10-7-4-3-6-9(10)8-11(13)19-14/h3-4,6-8H,2,5H2,1H3. The van der Waals surface area contributed by atoms with Gasteiger partial charge in [-0.2, -0.15) is 9.61 Å². The molecule has 0 bridgehead atoms. The van der Waals surface area contributed by atoms with Gasteiger partial charge in [-0.05, 0) is 17.9 Å². The van der Waals surface area contributed by atoms with E-state index in [1.807, 2.05) is 4.52 Å². The molecule has 2 aliphatic rings. The molecule has 94 valence electrons. The number of fused-ring (bicyclic) bond motifs is 4. The molecule has 0 N–H and O–H groups in total. The van der Waals surface area contributed by atoms with Gasteiger partial charge in [0.15, 0.2) is 5.82 Å². The van der Waals surface area contributed by atoms with E-state index in [2.05, 4.69) is 47.5 Å². The molecule has 4 nitrogen and oxygen atoms in total. The van der Waals surface area contributed by atoms with Crippen LogP contribution in [0.4, 0.5) is 0 Å². The molecule has 0 saturated carbocycles. The molecule has 0 atom stereocenters. The van der Waals surface area contributed by atoms with Gasteiger partial charge in [0.05, 0.1) is 4.88 Å². The van der Waals surface area contributed by atoms with Crippen molar-refractivity contribution in [2.45, 2.75) is 19.8 Å². The highest BCUT2D eigenvalue weighted by molar-refractivity contribution is 7.20. The summed E-state index contributed by atoms with van der Waals surface area (Å²) in [6.45, 7) is 2.14. The van der Waals surface area contributed by atoms with Gasteiger partial charge >= 0.3 is 0 Å². The monoisotopic (exact) mass is 268 g/mol. The number of rotatable bonds is 2. The van der Waals surface area contributed by atoms with Crippen LogP contribution in [-0.2, 0) is 6.42 Å². The third kappa shape index (κ3) is 1.55. The second-order valence-electron chi connectivity index (χ2n) is 4.61. The van der Waals surface area contributed by atoms with Crippen molar-refractivity contribution in [1.82, 2.24) is 19.8 Å². The molecule has 0 unspecified atom stereocenters. The van der Waals surface area contributed by atoms with Crippen molar-refractivity contribution in [3.8, 4) is 10.6 Å². The lowest BCUT2D eigenvalue weighted by Crippen LogP contribution is -1.99. The van der Waals surface area contributed by atoms with Crippen LogP contribution in [0.15, 0.2) is 30.3 Å². The van der Waals surface area contributed by atoms with Gasteiger partial charge in [0.2, 0.25) is 4.96 Å². The number of nitrogens with zero attached hydrogens (tertiary/aromatic N) is 4. The topological polar surface area (TPSA) is 43.1 Å². The fraction of sp³-hybridized carbons (Fsp3) is 0.214. The smallest absolute Gasteiger partial charge is 0.188 e. The maximum Gasteiger partial charge on any atom is 0.233 e. The molecular formula is C14H12N4S. The second kappa shape index (κ2) is 3.99. The van der Waals surface area contributed by atoms with Crippen LogP contribution in [0.2, 0.25) is 0 Å². The van der Waals surface area contributed by atoms with E-state index in [1.165, 1.54) is 15.6 Å². The lowest BCUT2D eigenvalue weighted by atomic mass is 10.2. The van der Waals surface area contributed by atoms with E-state index >= 15 is 0 Å². The van der Waals surface area contributed by atoms with Crippen LogP contribution in [0, 0.1) is 0 Å². The molecule has 1 aliphatic carbocycles. The minimum Gasteiger partial charge on any atom is -0.188 e. The number of benzene rings is 1. The average molecular weight is 268 g/mol. The highest BCUT2D eigenvalue weighted by Gasteiger charge is 2.16. The van der Waals surface area contributed by atoms with E-state index < -0.39 is 0 Å². The molecule has 19 heavy (non-hydrogen) atoms. The average Bonchev–Trinajstić information content (AvgIpc) is 2.98. The predicted molar refractivity (Wildman–Crippen MR) is 76.8 cm³/mol. The Balaban J connectivity index is 2.09. The normalized spacial score (nSPS) is 11.8. The van der Waals surface area contributed by atoms with Gasteiger partial charge in [-0.25, -0.2) is 0 Å². The molecule has 0 amide bonds. The summed E-state index contributed by atoms with van der Waals surface area (Å²) in [5, 5.41) is 15.6. The Morgan fingerprint density at radius 2 is 2.11 bits per heavy atom. The van der Waals surface area contributed by atoms with Crippen LogP contribution < -0.4 is 0 Å².